The molecule has 0 aliphatic heterocycles. The van der Waals surface area contributed by atoms with Crippen molar-refractivity contribution in [3.63, 3.8) is 0 Å². The average Bonchev–Trinajstić information content (AvgIpc) is 3.03. The fraction of sp³-hybridized carbons (Fsp3) is 0.793. The third-order valence-corrected chi connectivity index (χ3v) is 5.83. The number of hydrogen-bond donors (Lipinski definition) is 0. The van der Waals surface area contributed by atoms with Crippen molar-refractivity contribution in [2.24, 2.45) is 5.92 Å². The van der Waals surface area contributed by atoms with E-state index in [1.54, 1.807) is 6.08 Å². The van der Waals surface area contributed by atoms with Crippen molar-refractivity contribution < 1.29 is 19.1 Å². The van der Waals surface area contributed by atoms with Crippen LogP contribution in [0.3, 0.4) is 0 Å². The van der Waals surface area contributed by atoms with Crippen molar-refractivity contribution in [1.29, 1.82) is 0 Å². The van der Waals surface area contributed by atoms with Crippen molar-refractivity contribution in [1.82, 2.24) is 0 Å². The first-order valence-electron chi connectivity index (χ1n) is 13.4. The van der Waals surface area contributed by atoms with Gasteiger partial charge in [-0.2, -0.15) is 0 Å². The normalized spacial score (nSPS) is 18.1. The van der Waals surface area contributed by atoms with Crippen LogP contribution in [0.4, 0.5) is 0 Å². The number of ketones is 1. The van der Waals surface area contributed by atoms with Crippen molar-refractivity contribution in [2.45, 2.75) is 136 Å². The molecule has 188 valence electrons. The molecule has 4 nitrogen and oxygen atoms in total. The first kappa shape index (κ1) is 29.4. The Hall–Kier alpha value is -1.60. The van der Waals surface area contributed by atoms with Crippen molar-refractivity contribution in [2.75, 3.05) is 6.61 Å². The molecule has 0 saturated heterocycles. The van der Waals surface area contributed by atoms with E-state index in [0.29, 0.717) is 13.0 Å². The predicted octanol–water partition coefficient (Wildman–Crippen LogP) is 7.34. The topological polar surface area (TPSA) is 52.6 Å². The molecule has 2 atom stereocenters. The lowest BCUT2D eigenvalue weighted by atomic mass is 9.93. The maximum Gasteiger partial charge on any atom is 0.306 e. The van der Waals surface area contributed by atoms with Crippen LogP contribution in [0, 0.1) is 17.8 Å². The molecule has 0 spiro atoms. The van der Waals surface area contributed by atoms with Crippen molar-refractivity contribution in [3.8, 4) is 11.8 Å². The van der Waals surface area contributed by atoms with Gasteiger partial charge in [0.05, 0.1) is 5.92 Å². The molecule has 0 aromatic carbocycles. The summed E-state index contributed by atoms with van der Waals surface area (Å²) in [7, 11) is 0. The van der Waals surface area contributed by atoms with Crippen molar-refractivity contribution in [3.05, 3.63) is 11.6 Å². The van der Waals surface area contributed by atoms with Gasteiger partial charge in [-0.1, -0.05) is 77.1 Å². The highest BCUT2D eigenvalue weighted by Gasteiger charge is 2.35. The van der Waals surface area contributed by atoms with Crippen LogP contribution in [0.1, 0.15) is 125 Å². The molecule has 0 unspecified atom stereocenters. The smallest absolute Gasteiger partial charge is 0.306 e. The molecule has 1 rings (SSSR count). The van der Waals surface area contributed by atoms with Gasteiger partial charge in [-0.25, -0.2) is 0 Å². The second-order valence-electron chi connectivity index (χ2n) is 10.3. The van der Waals surface area contributed by atoms with Crippen LogP contribution in [0.25, 0.3) is 0 Å². The van der Waals surface area contributed by atoms with E-state index in [-0.39, 0.29) is 23.8 Å². The summed E-state index contributed by atoms with van der Waals surface area (Å²) in [5, 5.41) is 0. The van der Waals surface area contributed by atoms with E-state index in [1.807, 2.05) is 20.8 Å². The number of rotatable bonds is 16. The van der Waals surface area contributed by atoms with Gasteiger partial charge in [0.15, 0.2) is 5.78 Å². The van der Waals surface area contributed by atoms with Crippen LogP contribution in [0.15, 0.2) is 11.6 Å². The third-order valence-electron chi connectivity index (χ3n) is 5.83. The summed E-state index contributed by atoms with van der Waals surface area (Å²) in [6, 6.07) is 0. The van der Waals surface area contributed by atoms with Crippen LogP contribution in [0.2, 0.25) is 0 Å². The van der Waals surface area contributed by atoms with Gasteiger partial charge in [-0.15, -0.1) is 0 Å². The molecule has 0 bridgehead atoms. The molecule has 0 heterocycles. The molecule has 0 fully saturated rings. The lowest BCUT2D eigenvalue weighted by Gasteiger charge is -2.21. The molecule has 0 amide bonds. The Morgan fingerprint density at radius 2 is 1.61 bits per heavy atom. The van der Waals surface area contributed by atoms with E-state index in [4.69, 9.17) is 9.47 Å². The SMILES string of the molecule is CCCCCCC#CC1=CC(=O)[C@H](CCCCCCC)[C@H]1OCCCCC(=O)OC(C)(C)C. The molecular formula is C29H48O4. The summed E-state index contributed by atoms with van der Waals surface area (Å²) in [6.45, 7) is 10.6. The van der Waals surface area contributed by atoms with Gasteiger partial charge in [-0.05, 0) is 52.5 Å². The molecule has 1 aliphatic rings. The van der Waals surface area contributed by atoms with Gasteiger partial charge >= 0.3 is 5.97 Å². The molecule has 33 heavy (non-hydrogen) atoms. The molecule has 4 heteroatoms. The number of esters is 1. The first-order valence-corrected chi connectivity index (χ1v) is 13.4. The van der Waals surface area contributed by atoms with E-state index in [9.17, 15) is 9.59 Å². The Labute approximate surface area is 203 Å². The van der Waals surface area contributed by atoms with Gasteiger partial charge in [0.2, 0.25) is 0 Å². The summed E-state index contributed by atoms with van der Waals surface area (Å²) in [6.07, 6.45) is 15.8. The minimum absolute atomic E-state index is 0.109. The largest absolute Gasteiger partial charge is 0.460 e. The molecular weight excluding hydrogens is 412 g/mol. The molecule has 0 aromatic rings. The Morgan fingerprint density at radius 1 is 0.939 bits per heavy atom. The van der Waals surface area contributed by atoms with Gasteiger partial charge in [0, 0.05) is 25.0 Å². The third kappa shape index (κ3) is 13.6. The lowest BCUT2D eigenvalue weighted by molar-refractivity contribution is -0.155. The van der Waals surface area contributed by atoms with E-state index < -0.39 is 5.60 Å². The quantitative estimate of drug-likeness (QED) is 0.137. The van der Waals surface area contributed by atoms with Gasteiger partial charge in [-0.3, -0.25) is 9.59 Å². The minimum atomic E-state index is -0.447. The number of ether oxygens (including phenoxy) is 2. The summed E-state index contributed by atoms with van der Waals surface area (Å²) in [5.74, 6) is 6.41. The monoisotopic (exact) mass is 460 g/mol. The average molecular weight is 461 g/mol. The molecule has 1 aliphatic carbocycles. The van der Waals surface area contributed by atoms with E-state index >= 15 is 0 Å². The molecule has 0 saturated carbocycles. The van der Waals surface area contributed by atoms with Crippen LogP contribution in [-0.2, 0) is 19.1 Å². The zero-order valence-corrected chi connectivity index (χ0v) is 22.0. The second-order valence-corrected chi connectivity index (χ2v) is 10.3. The van der Waals surface area contributed by atoms with Crippen LogP contribution in [0.5, 0.6) is 0 Å². The van der Waals surface area contributed by atoms with Gasteiger partial charge < -0.3 is 9.47 Å². The number of carbonyl (C=O) groups is 2. The Morgan fingerprint density at radius 3 is 2.27 bits per heavy atom. The molecule has 0 N–H and O–H groups in total. The van der Waals surface area contributed by atoms with Gasteiger partial charge in [0.1, 0.15) is 11.7 Å². The Bertz CT molecular complexity index is 659. The maximum atomic E-state index is 12.7. The Kier molecular flexibility index (Phi) is 15.1. The highest BCUT2D eigenvalue weighted by molar-refractivity contribution is 5.97. The van der Waals surface area contributed by atoms with Gasteiger partial charge in [0.25, 0.3) is 0 Å². The van der Waals surface area contributed by atoms with E-state index in [0.717, 1.165) is 44.1 Å². The van der Waals surface area contributed by atoms with Crippen LogP contribution >= 0.6 is 0 Å². The highest BCUT2D eigenvalue weighted by Crippen LogP contribution is 2.30. The fourth-order valence-corrected chi connectivity index (χ4v) is 4.06. The summed E-state index contributed by atoms with van der Waals surface area (Å²) < 4.78 is 11.6. The number of hydrogen-bond acceptors (Lipinski definition) is 4. The number of allylic oxidation sites excluding steroid dienone is 1. The first-order chi connectivity index (χ1) is 15.8. The number of unbranched alkanes of at least 4 members (excludes halogenated alkanes) is 9. The van der Waals surface area contributed by atoms with Crippen LogP contribution < -0.4 is 0 Å². The standard InChI is InChI=1S/C29H48O4/c1-6-8-10-12-14-15-19-24-23-26(30)25(20-16-13-11-9-7-2)28(24)32-22-18-17-21-27(31)33-29(3,4)5/h23,25,28H,6-14,16-18,20-22H2,1-5H3/t25-,28-/m0/s1. The summed E-state index contributed by atoms with van der Waals surface area (Å²) >= 11 is 0. The predicted molar refractivity (Wildman–Crippen MR) is 136 cm³/mol. The molecule has 0 aromatic heterocycles. The lowest BCUT2D eigenvalue weighted by Crippen LogP contribution is -2.26. The zero-order valence-electron chi connectivity index (χ0n) is 22.0. The van der Waals surface area contributed by atoms with E-state index in [2.05, 4.69) is 25.7 Å². The highest BCUT2D eigenvalue weighted by atomic mass is 16.6. The molecule has 0 radical (unpaired) electrons. The van der Waals surface area contributed by atoms with Crippen LogP contribution in [-0.4, -0.2) is 30.1 Å². The summed E-state index contributed by atoms with van der Waals surface area (Å²) in [5.41, 5.74) is 0.401. The summed E-state index contributed by atoms with van der Waals surface area (Å²) in [4.78, 5) is 24.6. The van der Waals surface area contributed by atoms with Crippen molar-refractivity contribution >= 4 is 11.8 Å². The zero-order chi connectivity index (χ0) is 24.5. The maximum absolute atomic E-state index is 12.7. The fourth-order valence-electron chi connectivity index (χ4n) is 4.06. The minimum Gasteiger partial charge on any atom is -0.460 e. The van der Waals surface area contributed by atoms with E-state index in [1.165, 1.54) is 44.9 Å². The number of carbonyl (C=O) groups excluding carboxylic acids is 2. The Balaban J connectivity index is 2.57. The second kappa shape index (κ2) is 16.9.